The van der Waals surface area contributed by atoms with Crippen LogP contribution in [0.1, 0.15) is 67.5 Å². The van der Waals surface area contributed by atoms with Crippen molar-refractivity contribution < 1.29 is 0 Å². The first kappa shape index (κ1) is 35.2. The second-order valence-electron chi connectivity index (χ2n) is 17.3. The molecular formula is C57H48. The molecule has 0 heteroatoms. The normalized spacial score (nSPS) is 14.1. The van der Waals surface area contributed by atoms with Gasteiger partial charge in [0.15, 0.2) is 0 Å². The van der Waals surface area contributed by atoms with Crippen molar-refractivity contribution in [1.82, 2.24) is 0 Å². The van der Waals surface area contributed by atoms with Crippen LogP contribution < -0.4 is 0 Å². The molecule has 2 aliphatic carbocycles. The lowest BCUT2D eigenvalue weighted by molar-refractivity contribution is 0.657. The van der Waals surface area contributed by atoms with Gasteiger partial charge in [-0.2, -0.15) is 0 Å². The summed E-state index contributed by atoms with van der Waals surface area (Å²) in [5.74, 6) is 0. The average Bonchev–Trinajstić information content (AvgIpc) is 3.62. The Bertz CT molecular complexity index is 2760. The fourth-order valence-corrected chi connectivity index (χ4v) is 9.71. The van der Waals surface area contributed by atoms with Gasteiger partial charge in [0.05, 0.1) is 0 Å². The fraction of sp³-hybridized carbons (Fsp3) is 0.158. The van der Waals surface area contributed by atoms with Crippen LogP contribution in [0.15, 0.2) is 182 Å². The quantitative estimate of drug-likeness (QED) is 0.146. The molecule has 8 aromatic rings. The maximum atomic E-state index is 2.50. The summed E-state index contributed by atoms with van der Waals surface area (Å²) in [6.45, 7) is 9.60. The van der Waals surface area contributed by atoms with Gasteiger partial charge in [-0.25, -0.2) is 0 Å². The molecule has 0 spiro atoms. The molecule has 0 unspecified atom stereocenters. The Balaban J connectivity index is 0.824. The fourth-order valence-electron chi connectivity index (χ4n) is 9.71. The predicted molar refractivity (Wildman–Crippen MR) is 242 cm³/mol. The van der Waals surface area contributed by atoms with Gasteiger partial charge < -0.3 is 0 Å². The van der Waals surface area contributed by atoms with Crippen molar-refractivity contribution in [3.8, 4) is 66.8 Å². The summed E-state index contributed by atoms with van der Waals surface area (Å²) in [5, 5.41) is 0. The van der Waals surface area contributed by atoms with E-state index >= 15 is 0 Å². The Hall–Kier alpha value is -6.24. The number of fused-ring (bicyclic) bond motifs is 6. The van der Waals surface area contributed by atoms with E-state index in [9.17, 15) is 0 Å². The molecule has 0 nitrogen and oxygen atoms in total. The minimum absolute atomic E-state index is 0.0226. The third-order valence-electron chi connectivity index (χ3n) is 13.1. The van der Waals surface area contributed by atoms with Gasteiger partial charge in [-0.05, 0) is 132 Å². The molecular weight excluding hydrogens is 685 g/mol. The lowest BCUT2D eigenvalue weighted by Crippen LogP contribution is -2.15. The SMILES string of the molecule is CC1(C)c2cc(CCCc3ccc4c(c3)C(C)(C)c3cc(-c5ccc(-c6ccc(-c7ccccc7)cc6)cc5)ccc3-4)ccc2-c2ccc(-c3ccccc3)cc21. The molecule has 0 fully saturated rings. The first-order valence-corrected chi connectivity index (χ1v) is 20.6. The van der Waals surface area contributed by atoms with Crippen LogP contribution >= 0.6 is 0 Å². The summed E-state index contributed by atoms with van der Waals surface area (Å²) < 4.78 is 0. The molecule has 0 radical (unpaired) electrons. The lowest BCUT2D eigenvalue weighted by Gasteiger charge is -2.23. The molecule has 0 amide bonds. The Kier molecular flexibility index (Phi) is 8.49. The first-order valence-electron chi connectivity index (χ1n) is 20.6. The highest BCUT2D eigenvalue weighted by Gasteiger charge is 2.37. The van der Waals surface area contributed by atoms with Crippen molar-refractivity contribution in [2.24, 2.45) is 0 Å². The molecule has 0 bridgehead atoms. The molecule has 0 atom stereocenters. The largest absolute Gasteiger partial charge is 0.0622 e. The zero-order valence-corrected chi connectivity index (χ0v) is 33.4. The summed E-state index contributed by atoms with van der Waals surface area (Å²) >= 11 is 0. The molecule has 8 aromatic carbocycles. The van der Waals surface area contributed by atoms with Crippen LogP contribution in [-0.4, -0.2) is 0 Å². The molecule has 0 aliphatic heterocycles. The van der Waals surface area contributed by atoms with Crippen LogP contribution in [0.25, 0.3) is 66.8 Å². The van der Waals surface area contributed by atoms with Crippen molar-refractivity contribution in [1.29, 1.82) is 0 Å². The van der Waals surface area contributed by atoms with Crippen molar-refractivity contribution in [2.45, 2.75) is 57.8 Å². The van der Waals surface area contributed by atoms with E-state index in [1.165, 1.54) is 100 Å². The molecule has 0 aromatic heterocycles. The van der Waals surface area contributed by atoms with Crippen LogP contribution in [0.5, 0.6) is 0 Å². The maximum absolute atomic E-state index is 2.50. The molecule has 2 aliphatic rings. The second-order valence-corrected chi connectivity index (χ2v) is 17.3. The van der Waals surface area contributed by atoms with Crippen LogP contribution in [0.4, 0.5) is 0 Å². The lowest BCUT2D eigenvalue weighted by atomic mass is 9.80. The number of hydrogen-bond acceptors (Lipinski definition) is 0. The van der Waals surface area contributed by atoms with Crippen molar-refractivity contribution in [3.05, 3.63) is 215 Å². The van der Waals surface area contributed by atoms with Crippen LogP contribution in [0.2, 0.25) is 0 Å². The Morgan fingerprint density at radius 3 is 0.947 bits per heavy atom. The predicted octanol–water partition coefficient (Wildman–Crippen LogP) is 15.1. The minimum Gasteiger partial charge on any atom is -0.0622 e. The average molecular weight is 733 g/mol. The van der Waals surface area contributed by atoms with E-state index in [2.05, 4.69) is 210 Å². The Labute approximate surface area is 338 Å². The smallest absolute Gasteiger partial charge is 0.0159 e. The summed E-state index contributed by atoms with van der Waals surface area (Å²) in [7, 11) is 0. The number of rotatable bonds is 8. The molecule has 10 rings (SSSR count). The molecule has 0 N–H and O–H groups in total. The van der Waals surface area contributed by atoms with Crippen molar-refractivity contribution in [3.63, 3.8) is 0 Å². The van der Waals surface area contributed by atoms with Gasteiger partial charge in [-0.3, -0.25) is 0 Å². The van der Waals surface area contributed by atoms with Gasteiger partial charge in [0.1, 0.15) is 0 Å². The summed E-state index contributed by atoms with van der Waals surface area (Å²) in [6, 6.07) is 67.9. The van der Waals surface area contributed by atoms with Crippen LogP contribution in [0, 0.1) is 0 Å². The summed E-state index contributed by atoms with van der Waals surface area (Å²) in [4.78, 5) is 0. The maximum Gasteiger partial charge on any atom is 0.0159 e. The van der Waals surface area contributed by atoms with Gasteiger partial charge >= 0.3 is 0 Å². The second kappa shape index (κ2) is 13.7. The highest BCUT2D eigenvalue weighted by molar-refractivity contribution is 5.85. The third-order valence-corrected chi connectivity index (χ3v) is 13.1. The van der Waals surface area contributed by atoms with Crippen LogP contribution in [-0.2, 0) is 23.7 Å². The Morgan fingerprint density at radius 1 is 0.281 bits per heavy atom. The topological polar surface area (TPSA) is 0 Å². The monoisotopic (exact) mass is 732 g/mol. The van der Waals surface area contributed by atoms with Crippen LogP contribution in [0.3, 0.4) is 0 Å². The Morgan fingerprint density at radius 2 is 0.561 bits per heavy atom. The number of aryl methyl sites for hydroxylation is 2. The minimum atomic E-state index is -0.0575. The van der Waals surface area contributed by atoms with E-state index in [-0.39, 0.29) is 10.8 Å². The molecule has 57 heavy (non-hydrogen) atoms. The first-order chi connectivity index (χ1) is 27.7. The number of benzene rings is 8. The van der Waals surface area contributed by atoms with E-state index in [4.69, 9.17) is 0 Å². The number of hydrogen-bond donors (Lipinski definition) is 0. The molecule has 0 heterocycles. The van der Waals surface area contributed by atoms with E-state index in [1.807, 2.05) is 0 Å². The van der Waals surface area contributed by atoms with E-state index in [0.717, 1.165) is 19.3 Å². The van der Waals surface area contributed by atoms with E-state index in [0.29, 0.717) is 0 Å². The van der Waals surface area contributed by atoms with Gasteiger partial charge in [0.2, 0.25) is 0 Å². The van der Waals surface area contributed by atoms with Gasteiger partial charge in [0.25, 0.3) is 0 Å². The third kappa shape index (κ3) is 6.16. The summed E-state index contributed by atoms with van der Waals surface area (Å²) in [6.07, 6.45) is 3.29. The zero-order chi connectivity index (χ0) is 38.7. The highest BCUT2D eigenvalue weighted by atomic mass is 14.4. The molecule has 0 saturated carbocycles. The zero-order valence-electron chi connectivity index (χ0n) is 33.4. The van der Waals surface area contributed by atoms with Gasteiger partial charge in [-0.15, -0.1) is 0 Å². The van der Waals surface area contributed by atoms with E-state index in [1.54, 1.807) is 0 Å². The summed E-state index contributed by atoms with van der Waals surface area (Å²) in [5.41, 5.74) is 24.2. The molecule has 0 saturated heterocycles. The standard InChI is InChI=1S/C57H48/c1-56(2)52-34-38(18-30-48(52)50-32-28-46(36-54(50)56)41-16-9-6-10-17-41)12-11-13-39-19-31-49-51-33-29-47(37-55(51)57(3,4)53(49)35-39)45-26-24-44(25-27-45)43-22-20-42(21-23-43)40-14-7-5-8-15-40/h5-10,14-37H,11-13H2,1-4H3. The van der Waals surface area contributed by atoms with Gasteiger partial charge in [-0.1, -0.05) is 198 Å². The molecule has 276 valence electrons. The van der Waals surface area contributed by atoms with Crippen molar-refractivity contribution in [2.75, 3.05) is 0 Å². The van der Waals surface area contributed by atoms with E-state index < -0.39 is 0 Å². The highest BCUT2D eigenvalue weighted by Crippen LogP contribution is 2.51. The van der Waals surface area contributed by atoms with Gasteiger partial charge in [0, 0.05) is 10.8 Å². The van der Waals surface area contributed by atoms with Crippen molar-refractivity contribution >= 4 is 0 Å².